The first kappa shape index (κ1) is 27.3. The fourth-order valence-electron chi connectivity index (χ4n) is 1.65. The summed E-state index contributed by atoms with van der Waals surface area (Å²) < 4.78 is 5.07. The Morgan fingerprint density at radius 1 is 1.17 bits per heavy atom. The minimum absolute atomic E-state index is 0. The summed E-state index contributed by atoms with van der Waals surface area (Å²) in [5.74, 6) is 0.953. The Hall–Kier alpha value is -0.536. The molecule has 5 heteroatoms. The van der Waals surface area contributed by atoms with Gasteiger partial charge in [0.2, 0.25) is 0 Å². The van der Waals surface area contributed by atoms with Crippen LogP contribution in [0.4, 0.5) is 0 Å². The van der Waals surface area contributed by atoms with E-state index in [1.54, 1.807) is 39.2 Å². The van der Waals surface area contributed by atoms with Gasteiger partial charge < -0.3 is 9.84 Å². The number of methoxy groups -OCH3 is 1. The number of aromatic hydroxyl groups is 1. The summed E-state index contributed by atoms with van der Waals surface area (Å²) in [5, 5.41) is 9.41. The molecule has 0 heterocycles. The van der Waals surface area contributed by atoms with Crippen LogP contribution in [0.1, 0.15) is 39.7 Å². The Balaban J connectivity index is -0.000000340. The van der Waals surface area contributed by atoms with Gasteiger partial charge in [-0.1, -0.05) is 27.7 Å². The van der Waals surface area contributed by atoms with Crippen LogP contribution in [0.2, 0.25) is 0 Å². The topological polar surface area (TPSA) is 29.5 Å². The average Bonchev–Trinajstić information content (AvgIpc) is 2.91. The van der Waals surface area contributed by atoms with E-state index in [4.69, 9.17) is 4.74 Å². The van der Waals surface area contributed by atoms with Gasteiger partial charge in [0.05, 0.1) is 7.11 Å². The van der Waals surface area contributed by atoms with E-state index in [1.165, 1.54) is 5.57 Å². The van der Waals surface area contributed by atoms with E-state index < -0.39 is 0 Å². The molecule has 1 aliphatic carbocycles. The zero-order valence-electron chi connectivity index (χ0n) is 14.5. The van der Waals surface area contributed by atoms with Gasteiger partial charge >= 0.3 is 24.8 Å². The second-order valence-electron chi connectivity index (χ2n) is 5.64. The molecule has 0 saturated carbocycles. The van der Waals surface area contributed by atoms with E-state index in [0.29, 0.717) is 5.75 Å². The fourth-order valence-corrected chi connectivity index (χ4v) is 1.65. The molecule has 1 aromatic rings. The van der Waals surface area contributed by atoms with Crippen LogP contribution >= 0.6 is 24.8 Å². The van der Waals surface area contributed by atoms with Crippen molar-refractivity contribution in [2.24, 2.45) is 0 Å². The number of ether oxygens (including phenoxy) is 1. The van der Waals surface area contributed by atoms with Crippen molar-refractivity contribution < 1.29 is 29.8 Å². The summed E-state index contributed by atoms with van der Waals surface area (Å²) in [5.41, 5.74) is 2.38. The molecule has 0 aromatic heterocycles. The number of allylic oxidation sites excluding steroid dienone is 4. The predicted octanol–water partition coefficient (Wildman–Crippen LogP) is 5.20. The third kappa shape index (κ3) is 11.6. The number of hydrogen-bond acceptors (Lipinski definition) is 2. The van der Waals surface area contributed by atoms with Crippen molar-refractivity contribution in [2.75, 3.05) is 7.11 Å². The number of phenolic OH excluding ortho intramolecular Hbond substituents is 1. The molecule has 1 aliphatic rings. The van der Waals surface area contributed by atoms with Gasteiger partial charge in [0.15, 0.2) is 0 Å². The van der Waals surface area contributed by atoms with Gasteiger partial charge in [0.25, 0.3) is 0 Å². The molecule has 0 radical (unpaired) electrons. The van der Waals surface area contributed by atoms with Crippen LogP contribution in [0.3, 0.4) is 0 Å². The second-order valence-corrected chi connectivity index (χ2v) is 5.64. The molecule has 129 valence electrons. The molecule has 0 fully saturated rings. The monoisotopic (exact) mass is 393 g/mol. The minimum atomic E-state index is 0. The van der Waals surface area contributed by atoms with Crippen molar-refractivity contribution in [1.82, 2.24) is 0 Å². The zero-order chi connectivity index (χ0) is 16.5. The van der Waals surface area contributed by atoms with Crippen LogP contribution in [0, 0.1) is 6.08 Å². The SMILES string of the molecule is CC1=[C-]CC=C1.COc1cc(O)cc(C(C)(C)C)c1.Cl.Cl.[CH2]=[Ti+]. The summed E-state index contributed by atoms with van der Waals surface area (Å²) in [6.07, 6.45) is 8.33. The number of halogens is 2. The summed E-state index contributed by atoms with van der Waals surface area (Å²) in [4.78, 5) is 3.25. The van der Waals surface area contributed by atoms with Crippen molar-refractivity contribution in [3.05, 3.63) is 47.6 Å². The van der Waals surface area contributed by atoms with Crippen LogP contribution in [0.15, 0.2) is 35.9 Å². The Bertz CT molecular complexity index is 503. The van der Waals surface area contributed by atoms with Crippen molar-refractivity contribution in [1.29, 1.82) is 0 Å². The molecule has 0 spiro atoms. The first-order valence-corrected chi connectivity index (χ1v) is 7.91. The van der Waals surface area contributed by atoms with Crippen LogP contribution in [-0.2, 0) is 25.4 Å². The first-order chi connectivity index (χ1) is 9.82. The number of phenols is 1. The molecule has 0 atom stereocenters. The van der Waals surface area contributed by atoms with E-state index in [9.17, 15) is 5.11 Å². The van der Waals surface area contributed by atoms with Crippen molar-refractivity contribution in [2.45, 2.75) is 39.5 Å². The second kappa shape index (κ2) is 13.9. The maximum atomic E-state index is 9.41. The van der Waals surface area contributed by atoms with Crippen LogP contribution < -0.4 is 4.74 Å². The Kier molecular flexibility index (Phi) is 16.5. The number of hydrogen-bond donors (Lipinski definition) is 1. The van der Waals surface area contributed by atoms with Gasteiger partial charge in [-0.15, -0.1) is 31.2 Å². The molecule has 0 saturated heterocycles. The van der Waals surface area contributed by atoms with E-state index in [2.05, 4.69) is 50.7 Å². The van der Waals surface area contributed by atoms with Crippen LogP contribution in [0.25, 0.3) is 0 Å². The van der Waals surface area contributed by atoms with Crippen molar-refractivity contribution in [3.8, 4) is 11.5 Å². The molecule has 0 amide bonds. The third-order valence-corrected chi connectivity index (χ3v) is 2.86. The molecular formula is C18H27Cl2O2Ti. The molecule has 2 rings (SSSR count). The summed E-state index contributed by atoms with van der Waals surface area (Å²) in [7, 11) is 1.60. The Morgan fingerprint density at radius 2 is 1.74 bits per heavy atom. The van der Waals surface area contributed by atoms with E-state index in [0.717, 1.165) is 12.0 Å². The summed E-state index contributed by atoms with van der Waals surface area (Å²) >= 11 is 1.75. The maximum absolute atomic E-state index is 9.41. The van der Waals surface area contributed by atoms with Crippen molar-refractivity contribution in [3.63, 3.8) is 0 Å². The predicted molar refractivity (Wildman–Crippen MR) is 101 cm³/mol. The van der Waals surface area contributed by atoms with Crippen molar-refractivity contribution >= 4 is 29.6 Å². The molecule has 1 N–H and O–H groups in total. The van der Waals surface area contributed by atoms with Gasteiger partial charge in [-0.25, -0.2) is 11.6 Å². The number of rotatable bonds is 1. The molecule has 0 bridgehead atoms. The fraction of sp³-hybridized carbons (Fsp3) is 0.389. The van der Waals surface area contributed by atoms with Crippen LogP contribution in [0.5, 0.6) is 11.5 Å². The first-order valence-electron chi connectivity index (χ1n) is 6.81. The van der Waals surface area contributed by atoms with Crippen LogP contribution in [-0.4, -0.2) is 17.0 Å². The average molecular weight is 394 g/mol. The summed E-state index contributed by atoms with van der Waals surface area (Å²) in [6, 6.07) is 5.32. The van der Waals surface area contributed by atoms with E-state index in [-0.39, 0.29) is 36.0 Å². The van der Waals surface area contributed by atoms with Gasteiger partial charge in [0, 0.05) is 6.07 Å². The standard InChI is InChI=1S/C11H16O2.C6H7.CH2.2ClH.Ti/c1-11(2,3)8-5-9(12)7-10(6-8)13-4;1-6-4-2-3-5-6;;;;/h5-7,12H,1-4H3;2,4H,3H2,1H3;1H2;2*1H;/q;-1;;;;+1. The Morgan fingerprint density at radius 3 is 2.04 bits per heavy atom. The zero-order valence-corrected chi connectivity index (χ0v) is 17.7. The normalized spacial score (nSPS) is 11.5. The van der Waals surface area contributed by atoms with Gasteiger partial charge in [0.1, 0.15) is 11.5 Å². The quantitative estimate of drug-likeness (QED) is 0.524. The van der Waals surface area contributed by atoms with Gasteiger partial charge in [-0.05, 0) is 23.1 Å². The third-order valence-electron chi connectivity index (χ3n) is 2.86. The summed E-state index contributed by atoms with van der Waals surface area (Å²) in [6.45, 7) is 8.35. The molecular weight excluding hydrogens is 367 g/mol. The molecule has 0 aliphatic heterocycles. The molecule has 23 heavy (non-hydrogen) atoms. The van der Waals surface area contributed by atoms with E-state index >= 15 is 0 Å². The molecule has 2 nitrogen and oxygen atoms in total. The number of benzene rings is 1. The van der Waals surface area contributed by atoms with E-state index in [1.807, 2.05) is 6.07 Å². The van der Waals surface area contributed by atoms with Gasteiger partial charge in [-0.3, -0.25) is 6.08 Å². The Labute approximate surface area is 164 Å². The van der Waals surface area contributed by atoms with Gasteiger partial charge in [-0.2, -0.15) is 6.08 Å². The molecule has 0 unspecified atom stereocenters. The molecule has 1 aromatic carbocycles.